The largest absolute Gasteiger partial charge is 0.258 e. The van der Waals surface area contributed by atoms with Crippen LogP contribution in [0.3, 0.4) is 0 Å². The van der Waals surface area contributed by atoms with Crippen molar-refractivity contribution in [2.24, 2.45) is 0 Å². The van der Waals surface area contributed by atoms with Crippen molar-refractivity contribution in [3.63, 3.8) is 0 Å². The number of imidazole rings is 4. The Balaban J connectivity index is 0.000000196. The van der Waals surface area contributed by atoms with Gasteiger partial charge in [-0.25, -0.2) is 19.9 Å². The van der Waals surface area contributed by atoms with Gasteiger partial charge in [0.15, 0.2) is 0 Å². The van der Waals surface area contributed by atoms with E-state index < -0.39 is 0 Å². The van der Waals surface area contributed by atoms with Crippen molar-refractivity contribution in [1.82, 2.24) is 19.9 Å². The fraction of sp³-hybridized carbons (Fsp3) is 0.500. The average molecular weight is 505 g/mol. The van der Waals surface area contributed by atoms with E-state index in [1.807, 2.05) is 48.6 Å². The summed E-state index contributed by atoms with van der Waals surface area (Å²) < 4.78 is 9.03. The topological polar surface area (TPSA) is 78.7 Å². The van der Waals surface area contributed by atoms with Crippen LogP contribution in [0.5, 0.6) is 0 Å². The van der Waals surface area contributed by atoms with E-state index in [4.69, 9.17) is 0 Å². The number of aromatic amines is 4. The molecule has 0 amide bonds. The molecule has 0 aromatic carbocycles. The maximum Gasteiger partial charge on any atom is 0.258 e. The molecule has 0 aliphatic carbocycles. The van der Waals surface area contributed by atoms with Crippen molar-refractivity contribution in [2.75, 3.05) is 24.0 Å². The molecular formula is C24H40N8S2+4. The zero-order chi connectivity index (χ0) is 24.2. The normalized spacial score (nSPS) is 10.9. The van der Waals surface area contributed by atoms with Gasteiger partial charge in [0.05, 0.1) is 12.8 Å². The Morgan fingerprint density at radius 3 is 1.53 bits per heavy atom. The molecule has 0 atom stereocenters. The molecule has 0 bridgehead atoms. The van der Waals surface area contributed by atoms with Gasteiger partial charge in [-0.05, 0) is 12.5 Å². The SMILES string of the molecule is CCc1c[nH]c[n+]1C[n+]1c[nH]cc1CC.CSCCc1[nH]cc[n+]1C[n+]1cc[nH]c1CCSC. The van der Waals surface area contributed by atoms with Crippen LogP contribution in [0.15, 0.2) is 49.8 Å². The van der Waals surface area contributed by atoms with E-state index in [0.29, 0.717) is 0 Å². The summed E-state index contributed by atoms with van der Waals surface area (Å²) >= 11 is 3.76. The molecule has 4 heterocycles. The molecule has 0 aliphatic heterocycles. The second-order valence-electron chi connectivity index (χ2n) is 8.03. The molecule has 0 aliphatic rings. The predicted molar refractivity (Wildman–Crippen MR) is 138 cm³/mol. The highest BCUT2D eigenvalue weighted by Crippen LogP contribution is 1.99. The van der Waals surface area contributed by atoms with Crippen LogP contribution in [-0.4, -0.2) is 44.0 Å². The smallest absolute Gasteiger partial charge is 0.250 e. The summed E-state index contributed by atoms with van der Waals surface area (Å²) in [5.41, 5.74) is 2.65. The highest BCUT2D eigenvalue weighted by molar-refractivity contribution is 7.98. The van der Waals surface area contributed by atoms with Gasteiger partial charge in [0.2, 0.25) is 26.0 Å². The van der Waals surface area contributed by atoms with Gasteiger partial charge in [-0.1, -0.05) is 13.8 Å². The molecule has 0 unspecified atom stereocenters. The second kappa shape index (κ2) is 14.1. The van der Waals surface area contributed by atoms with Crippen LogP contribution < -0.4 is 18.3 Å². The summed E-state index contributed by atoms with van der Waals surface area (Å²) in [6.45, 7) is 6.09. The molecule has 4 rings (SSSR count). The van der Waals surface area contributed by atoms with Crippen LogP contribution in [-0.2, 0) is 39.0 Å². The van der Waals surface area contributed by atoms with Crippen molar-refractivity contribution in [2.45, 2.75) is 52.9 Å². The van der Waals surface area contributed by atoms with Gasteiger partial charge in [-0.3, -0.25) is 0 Å². The van der Waals surface area contributed by atoms with Gasteiger partial charge < -0.3 is 0 Å². The minimum Gasteiger partial charge on any atom is -0.250 e. The highest BCUT2D eigenvalue weighted by Gasteiger charge is 2.16. The summed E-state index contributed by atoms with van der Waals surface area (Å²) in [4.78, 5) is 13.0. The van der Waals surface area contributed by atoms with Gasteiger partial charge in [0.1, 0.15) is 48.6 Å². The first-order chi connectivity index (χ1) is 16.7. The molecule has 0 fully saturated rings. The zero-order valence-corrected chi connectivity index (χ0v) is 22.5. The molecule has 4 aromatic heterocycles. The zero-order valence-electron chi connectivity index (χ0n) is 20.9. The van der Waals surface area contributed by atoms with Crippen LogP contribution in [0.2, 0.25) is 0 Å². The van der Waals surface area contributed by atoms with E-state index in [2.05, 4.69) is 89.4 Å². The number of hydrogen-bond donors (Lipinski definition) is 4. The van der Waals surface area contributed by atoms with Crippen molar-refractivity contribution in [3.05, 3.63) is 72.9 Å². The molecule has 0 radical (unpaired) electrons. The highest BCUT2D eigenvalue weighted by atomic mass is 32.2. The Morgan fingerprint density at radius 2 is 1.12 bits per heavy atom. The number of nitrogens with zero attached hydrogens (tertiary/aromatic N) is 4. The van der Waals surface area contributed by atoms with Gasteiger partial charge in [0.25, 0.3) is 11.6 Å². The molecule has 4 aromatic rings. The summed E-state index contributed by atoms with van der Waals surface area (Å²) in [5, 5.41) is 0. The number of nitrogens with one attached hydrogen (secondary N) is 4. The lowest BCUT2D eigenvalue weighted by molar-refractivity contribution is -0.917. The molecule has 34 heavy (non-hydrogen) atoms. The third kappa shape index (κ3) is 7.27. The number of hydrogen-bond acceptors (Lipinski definition) is 2. The van der Waals surface area contributed by atoms with Crippen LogP contribution in [0.1, 0.15) is 36.9 Å². The lowest BCUT2D eigenvalue weighted by atomic mass is 10.3. The minimum atomic E-state index is 0.874. The summed E-state index contributed by atoms with van der Waals surface area (Å²) in [6, 6.07) is 0. The number of H-pyrrole nitrogens is 4. The number of rotatable bonds is 12. The van der Waals surface area contributed by atoms with E-state index in [1.165, 1.54) is 23.0 Å². The minimum absolute atomic E-state index is 0.874. The first-order valence-corrected chi connectivity index (χ1v) is 14.7. The molecule has 8 nitrogen and oxygen atoms in total. The first kappa shape index (κ1) is 26.2. The van der Waals surface area contributed by atoms with Crippen LogP contribution in [0, 0.1) is 0 Å². The third-order valence-electron chi connectivity index (χ3n) is 5.82. The van der Waals surface area contributed by atoms with Crippen molar-refractivity contribution < 1.29 is 18.3 Å². The van der Waals surface area contributed by atoms with E-state index >= 15 is 0 Å². The molecule has 4 N–H and O–H groups in total. The van der Waals surface area contributed by atoms with Gasteiger partial charge in [0, 0.05) is 24.3 Å². The molecular weight excluding hydrogens is 464 g/mol. The third-order valence-corrected chi connectivity index (χ3v) is 7.05. The lowest BCUT2D eigenvalue weighted by Crippen LogP contribution is -2.53. The standard InChI is InChI=1S/C13H20N4S2.C11H16N4/c1-18-9-3-12-14-5-7-16(12)11-17-8-6-15-13(17)4-10-19-2;1-3-10-5-12-7-14(10)9-15-8-13-6-11(15)4-2/h5-8H,3-4,9-11H2,1-2H3;5-8H,3-4,9H2,1-2H3/p+4. The van der Waals surface area contributed by atoms with E-state index in [-0.39, 0.29) is 0 Å². The van der Waals surface area contributed by atoms with Crippen LogP contribution in [0.25, 0.3) is 0 Å². The Hall–Kier alpha value is -2.46. The summed E-state index contributed by atoms with van der Waals surface area (Å²) in [5.74, 6) is 4.88. The predicted octanol–water partition coefficient (Wildman–Crippen LogP) is 1.78. The number of aryl methyl sites for hydroxylation is 4. The van der Waals surface area contributed by atoms with Gasteiger partial charge in [-0.2, -0.15) is 41.8 Å². The van der Waals surface area contributed by atoms with Crippen molar-refractivity contribution in [1.29, 1.82) is 0 Å². The summed E-state index contributed by atoms with van der Waals surface area (Å²) in [7, 11) is 0. The van der Waals surface area contributed by atoms with Crippen molar-refractivity contribution in [3.8, 4) is 0 Å². The molecule has 0 saturated carbocycles. The van der Waals surface area contributed by atoms with E-state index in [9.17, 15) is 0 Å². The number of thioether (sulfide) groups is 2. The van der Waals surface area contributed by atoms with E-state index in [0.717, 1.165) is 50.5 Å². The maximum absolute atomic E-state index is 3.34. The first-order valence-electron chi connectivity index (χ1n) is 11.9. The Kier molecular flexibility index (Phi) is 10.8. The van der Waals surface area contributed by atoms with E-state index in [1.54, 1.807) is 0 Å². The monoisotopic (exact) mass is 504 g/mol. The van der Waals surface area contributed by atoms with Crippen molar-refractivity contribution >= 4 is 23.5 Å². The maximum atomic E-state index is 3.34. The van der Waals surface area contributed by atoms with Crippen LogP contribution >= 0.6 is 23.5 Å². The fourth-order valence-electron chi connectivity index (χ4n) is 3.87. The van der Waals surface area contributed by atoms with Crippen LogP contribution in [0.4, 0.5) is 0 Å². The van der Waals surface area contributed by atoms with Gasteiger partial charge >= 0.3 is 0 Å². The average Bonchev–Trinajstić information content (AvgIpc) is 3.66. The van der Waals surface area contributed by atoms with Gasteiger partial charge in [-0.15, -0.1) is 0 Å². The Labute approximate surface area is 211 Å². The fourth-order valence-corrected chi connectivity index (χ4v) is 4.66. The quantitative estimate of drug-likeness (QED) is 0.222. The summed E-state index contributed by atoms with van der Waals surface area (Å²) in [6.07, 6.45) is 25.0. The molecule has 0 spiro atoms. The molecule has 0 saturated heterocycles. The Morgan fingerprint density at radius 1 is 0.676 bits per heavy atom. The second-order valence-corrected chi connectivity index (χ2v) is 10.0. The number of aromatic nitrogens is 8. The Bertz CT molecular complexity index is 1010. The lowest BCUT2D eigenvalue weighted by Gasteiger charge is -2.01. The molecule has 184 valence electrons. The molecule has 10 heteroatoms.